The van der Waals surface area contributed by atoms with Crippen LogP contribution in [0.2, 0.25) is 0 Å². The van der Waals surface area contributed by atoms with Crippen LogP contribution in [0.5, 0.6) is 0 Å². The molecule has 4 aromatic carbocycles. The van der Waals surface area contributed by atoms with Crippen LogP contribution in [0.15, 0.2) is 133 Å². The minimum absolute atomic E-state index is 0.0737. The number of nitrogens with zero attached hydrogens (tertiary/aromatic N) is 1. The van der Waals surface area contributed by atoms with Gasteiger partial charge in [-0.05, 0) is 45.5 Å². The first-order chi connectivity index (χ1) is 18.2. The van der Waals surface area contributed by atoms with Gasteiger partial charge >= 0.3 is 0 Å². The highest BCUT2D eigenvalue weighted by Gasteiger charge is 2.62. The van der Waals surface area contributed by atoms with Gasteiger partial charge in [0.25, 0.3) is 0 Å². The van der Waals surface area contributed by atoms with Gasteiger partial charge in [0.1, 0.15) is 0 Å². The van der Waals surface area contributed by atoms with Crippen LogP contribution in [0.4, 0.5) is 5.69 Å². The number of hydrogen-bond donors (Lipinski definition) is 0. The molecule has 1 heterocycles. The predicted molar refractivity (Wildman–Crippen MR) is 146 cm³/mol. The third kappa shape index (κ3) is 3.35. The quantitative estimate of drug-likeness (QED) is 0.239. The van der Waals surface area contributed by atoms with Gasteiger partial charge in [-0.25, -0.2) is 4.90 Å². The molecular weight excluding hydrogens is 454 g/mol. The zero-order chi connectivity index (χ0) is 24.9. The zero-order valence-corrected chi connectivity index (χ0v) is 20.2. The average Bonchev–Trinajstić information content (AvgIpc) is 3.59. The molecule has 1 saturated carbocycles. The van der Waals surface area contributed by atoms with Crippen molar-refractivity contribution in [2.75, 3.05) is 4.90 Å². The summed E-state index contributed by atoms with van der Waals surface area (Å²) in [5.74, 6) is -1.03. The van der Waals surface area contributed by atoms with Gasteiger partial charge in [0, 0.05) is 11.8 Å². The van der Waals surface area contributed by atoms with Crippen LogP contribution in [-0.2, 0) is 9.59 Å². The van der Waals surface area contributed by atoms with Crippen LogP contribution in [0, 0.1) is 23.7 Å². The summed E-state index contributed by atoms with van der Waals surface area (Å²) in [5.41, 5.74) is 7.41. The topological polar surface area (TPSA) is 37.4 Å². The Hall–Kier alpha value is -4.50. The second-order valence-corrected chi connectivity index (χ2v) is 9.98. The van der Waals surface area contributed by atoms with Gasteiger partial charge in [0.05, 0.1) is 17.5 Å². The number of rotatable bonds is 4. The molecule has 0 aromatic heterocycles. The highest BCUT2D eigenvalue weighted by Crippen LogP contribution is 2.58. The standard InChI is InChI=1S/C34H25NO2/c36-33-31-27-20-21-28(30(27)29(24-12-6-2-7-13-24)25-14-8-3-9-15-25)32(31)34(37)35(33)26-18-16-23(17-19-26)22-10-4-1-5-11-22/h1-21,27-28,31-32H/t27-,28-,31+,32+/m0/s1. The van der Waals surface area contributed by atoms with Gasteiger partial charge in [-0.3, -0.25) is 9.59 Å². The minimum atomic E-state index is -0.353. The highest BCUT2D eigenvalue weighted by molar-refractivity contribution is 6.23. The van der Waals surface area contributed by atoms with Crippen molar-refractivity contribution in [3.63, 3.8) is 0 Å². The predicted octanol–water partition coefficient (Wildman–Crippen LogP) is 6.78. The molecule has 3 heteroatoms. The van der Waals surface area contributed by atoms with Crippen LogP contribution in [0.1, 0.15) is 11.1 Å². The smallest absolute Gasteiger partial charge is 0.238 e. The highest BCUT2D eigenvalue weighted by atomic mass is 16.2. The molecule has 1 aliphatic heterocycles. The molecule has 0 radical (unpaired) electrons. The molecule has 1 saturated heterocycles. The first-order valence-electron chi connectivity index (χ1n) is 12.8. The lowest BCUT2D eigenvalue weighted by molar-refractivity contribution is -0.122. The van der Waals surface area contributed by atoms with E-state index in [0.29, 0.717) is 5.69 Å². The molecule has 7 rings (SSSR count). The Morgan fingerprint density at radius 1 is 0.514 bits per heavy atom. The molecular formula is C34H25NO2. The van der Waals surface area contributed by atoms with E-state index in [0.717, 1.165) is 27.8 Å². The Bertz CT molecular complexity index is 1480. The van der Waals surface area contributed by atoms with E-state index in [2.05, 4.69) is 48.6 Å². The number of amides is 2. The number of allylic oxidation sites excluding steroid dienone is 3. The normalized spacial score (nSPS) is 23.6. The summed E-state index contributed by atoms with van der Waals surface area (Å²) in [4.78, 5) is 29.1. The van der Waals surface area contributed by atoms with Crippen molar-refractivity contribution >= 4 is 23.1 Å². The Kier molecular flexibility index (Phi) is 5.03. The minimum Gasteiger partial charge on any atom is -0.274 e. The van der Waals surface area contributed by atoms with Crippen molar-refractivity contribution in [2.45, 2.75) is 0 Å². The van der Waals surface area contributed by atoms with Crippen LogP contribution >= 0.6 is 0 Å². The molecule has 4 atom stereocenters. The molecule has 0 spiro atoms. The van der Waals surface area contributed by atoms with Crippen molar-refractivity contribution in [3.05, 3.63) is 144 Å². The molecule has 2 bridgehead atoms. The Balaban J connectivity index is 1.27. The van der Waals surface area contributed by atoms with E-state index >= 15 is 0 Å². The summed E-state index contributed by atoms with van der Waals surface area (Å²) < 4.78 is 0. The lowest BCUT2D eigenvalue weighted by Gasteiger charge is -2.21. The van der Waals surface area contributed by atoms with E-state index in [4.69, 9.17) is 0 Å². The molecule has 3 aliphatic rings. The van der Waals surface area contributed by atoms with Gasteiger partial charge in [-0.1, -0.05) is 115 Å². The van der Waals surface area contributed by atoms with Crippen LogP contribution in [-0.4, -0.2) is 11.8 Å². The lowest BCUT2D eigenvalue weighted by Crippen LogP contribution is -2.33. The van der Waals surface area contributed by atoms with E-state index in [1.807, 2.05) is 78.9 Å². The van der Waals surface area contributed by atoms with Crippen LogP contribution < -0.4 is 4.90 Å². The van der Waals surface area contributed by atoms with Crippen molar-refractivity contribution in [1.82, 2.24) is 0 Å². The lowest BCUT2D eigenvalue weighted by atomic mass is 9.85. The largest absolute Gasteiger partial charge is 0.274 e. The van der Waals surface area contributed by atoms with Crippen molar-refractivity contribution < 1.29 is 9.59 Å². The third-order valence-corrected chi connectivity index (χ3v) is 8.06. The Morgan fingerprint density at radius 2 is 0.946 bits per heavy atom. The summed E-state index contributed by atoms with van der Waals surface area (Å²) in [6.07, 6.45) is 4.31. The molecule has 2 fully saturated rings. The molecule has 178 valence electrons. The van der Waals surface area contributed by atoms with Crippen LogP contribution in [0.25, 0.3) is 16.7 Å². The number of anilines is 1. The summed E-state index contributed by atoms with van der Waals surface area (Å²) in [6.45, 7) is 0. The number of carbonyl (C=O) groups excluding carboxylic acids is 2. The summed E-state index contributed by atoms with van der Waals surface area (Å²) in [5, 5.41) is 0. The van der Waals surface area contributed by atoms with E-state index in [9.17, 15) is 9.59 Å². The van der Waals surface area contributed by atoms with Gasteiger partial charge in [0.2, 0.25) is 11.8 Å². The second-order valence-electron chi connectivity index (χ2n) is 9.98. The van der Waals surface area contributed by atoms with Crippen molar-refractivity contribution in [2.24, 2.45) is 23.7 Å². The van der Waals surface area contributed by atoms with E-state index < -0.39 is 0 Å². The number of hydrogen-bond acceptors (Lipinski definition) is 2. The van der Waals surface area contributed by atoms with E-state index in [1.165, 1.54) is 10.5 Å². The maximum absolute atomic E-state index is 13.8. The molecule has 2 aliphatic carbocycles. The first kappa shape index (κ1) is 21.8. The molecule has 3 nitrogen and oxygen atoms in total. The number of benzene rings is 4. The Morgan fingerprint density at radius 3 is 1.43 bits per heavy atom. The summed E-state index contributed by atoms with van der Waals surface area (Å²) >= 11 is 0. The SMILES string of the molecule is O=C1[C@H]2[C@H](C(=O)N1c1ccc(-c3ccccc3)cc1)[C@H]1C=C[C@H]2C1=C(c1ccccc1)c1ccccc1. The van der Waals surface area contributed by atoms with E-state index in [-0.39, 0.29) is 35.5 Å². The molecule has 0 N–H and O–H groups in total. The van der Waals surface area contributed by atoms with Gasteiger partial charge in [-0.2, -0.15) is 0 Å². The van der Waals surface area contributed by atoms with Crippen molar-refractivity contribution in [3.8, 4) is 11.1 Å². The molecule has 0 unspecified atom stereocenters. The zero-order valence-electron chi connectivity index (χ0n) is 20.2. The maximum Gasteiger partial charge on any atom is 0.238 e. The number of carbonyl (C=O) groups is 2. The first-order valence-corrected chi connectivity index (χ1v) is 12.8. The maximum atomic E-state index is 13.8. The van der Waals surface area contributed by atoms with Crippen molar-refractivity contribution in [1.29, 1.82) is 0 Å². The summed E-state index contributed by atoms with van der Waals surface area (Å²) in [6, 6.07) is 38.5. The Labute approximate surface area is 216 Å². The monoisotopic (exact) mass is 479 g/mol. The summed E-state index contributed by atoms with van der Waals surface area (Å²) in [7, 11) is 0. The second kappa shape index (κ2) is 8.56. The van der Waals surface area contributed by atoms with Gasteiger partial charge in [0.15, 0.2) is 0 Å². The van der Waals surface area contributed by atoms with Gasteiger partial charge in [-0.15, -0.1) is 0 Å². The average molecular weight is 480 g/mol. The van der Waals surface area contributed by atoms with Gasteiger partial charge < -0.3 is 0 Å². The fraction of sp³-hybridized carbons (Fsp3) is 0.118. The number of fused-ring (bicyclic) bond motifs is 5. The molecule has 37 heavy (non-hydrogen) atoms. The number of imide groups is 1. The fourth-order valence-electron chi connectivity index (χ4n) is 6.49. The molecule has 2 amide bonds. The third-order valence-electron chi connectivity index (χ3n) is 8.06. The van der Waals surface area contributed by atoms with E-state index in [1.54, 1.807) is 0 Å². The fourth-order valence-corrected chi connectivity index (χ4v) is 6.49. The molecule has 4 aromatic rings. The van der Waals surface area contributed by atoms with Crippen LogP contribution in [0.3, 0.4) is 0 Å².